The van der Waals surface area contributed by atoms with Gasteiger partial charge >= 0.3 is 0 Å². The van der Waals surface area contributed by atoms with Crippen molar-refractivity contribution < 1.29 is 0 Å². The molecule has 1 aliphatic carbocycles. The topological polar surface area (TPSA) is 43.8 Å². The molecule has 0 bridgehead atoms. The summed E-state index contributed by atoms with van der Waals surface area (Å²) in [6, 6.07) is 6.63. The molecule has 15 heavy (non-hydrogen) atoms. The van der Waals surface area contributed by atoms with Crippen molar-refractivity contribution in [2.75, 3.05) is 5.73 Å². The van der Waals surface area contributed by atoms with Crippen LogP contribution in [0.15, 0.2) is 24.5 Å². The Labute approximate surface area is 88.9 Å². The monoisotopic (exact) mass is 201 g/mol. The summed E-state index contributed by atoms with van der Waals surface area (Å²) < 4.78 is 2.31. The average Bonchev–Trinajstić information content (AvgIpc) is 2.82. The normalized spacial score (nSPS) is 17.6. The van der Waals surface area contributed by atoms with Crippen LogP contribution in [0.1, 0.15) is 31.7 Å². The van der Waals surface area contributed by atoms with E-state index in [4.69, 9.17) is 5.73 Å². The third-order valence-corrected chi connectivity index (χ3v) is 3.32. The number of fused-ring (bicyclic) bond motifs is 1. The Morgan fingerprint density at radius 1 is 1.27 bits per heavy atom. The number of aromatic nitrogens is 2. The predicted molar refractivity (Wildman–Crippen MR) is 61.7 cm³/mol. The van der Waals surface area contributed by atoms with Crippen LogP contribution >= 0.6 is 0 Å². The number of nitrogen functional groups attached to an aromatic ring is 1. The van der Waals surface area contributed by atoms with Crippen molar-refractivity contribution in [3.63, 3.8) is 0 Å². The lowest BCUT2D eigenvalue weighted by Crippen LogP contribution is -2.02. The van der Waals surface area contributed by atoms with Crippen LogP contribution in [0, 0.1) is 0 Å². The fraction of sp³-hybridized carbons (Fsp3) is 0.417. The quantitative estimate of drug-likeness (QED) is 0.721. The van der Waals surface area contributed by atoms with E-state index in [2.05, 4.69) is 15.6 Å². The summed E-state index contributed by atoms with van der Waals surface area (Å²) in [6.45, 7) is 0. The number of anilines is 1. The van der Waals surface area contributed by atoms with E-state index in [-0.39, 0.29) is 0 Å². The summed E-state index contributed by atoms with van der Waals surface area (Å²) in [5, 5.41) is 0. The van der Waals surface area contributed by atoms with Crippen LogP contribution in [-0.4, -0.2) is 9.55 Å². The van der Waals surface area contributed by atoms with Crippen molar-refractivity contribution >= 4 is 16.7 Å². The number of nitrogens with two attached hydrogens (primary N) is 1. The lowest BCUT2D eigenvalue weighted by molar-refractivity contribution is 0.532. The molecule has 0 saturated heterocycles. The van der Waals surface area contributed by atoms with Gasteiger partial charge in [0.15, 0.2) is 0 Å². The van der Waals surface area contributed by atoms with E-state index in [0.717, 1.165) is 11.2 Å². The van der Waals surface area contributed by atoms with E-state index < -0.39 is 0 Å². The van der Waals surface area contributed by atoms with Crippen molar-refractivity contribution in [1.82, 2.24) is 9.55 Å². The molecule has 1 aromatic carbocycles. The van der Waals surface area contributed by atoms with E-state index in [1.807, 2.05) is 18.5 Å². The molecule has 1 heterocycles. The molecule has 3 nitrogen and oxygen atoms in total. The van der Waals surface area contributed by atoms with Gasteiger partial charge in [0.25, 0.3) is 0 Å². The van der Waals surface area contributed by atoms with Crippen molar-refractivity contribution in [2.24, 2.45) is 0 Å². The lowest BCUT2D eigenvalue weighted by Gasteiger charge is -2.11. The Hall–Kier alpha value is -1.51. The highest BCUT2D eigenvalue weighted by Crippen LogP contribution is 2.32. The highest BCUT2D eigenvalue weighted by molar-refractivity contribution is 5.79. The van der Waals surface area contributed by atoms with Gasteiger partial charge in [0, 0.05) is 11.7 Å². The number of rotatable bonds is 1. The molecule has 0 radical (unpaired) electrons. The van der Waals surface area contributed by atoms with Crippen LogP contribution in [0.4, 0.5) is 5.69 Å². The largest absolute Gasteiger partial charge is 0.399 e. The predicted octanol–water partition coefficient (Wildman–Crippen LogP) is 2.73. The summed E-state index contributed by atoms with van der Waals surface area (Å²) in [4.78, 5) is 4.41. The van der Waals surface area contributed by atoms with Crippen LogP contribution in [0.3, 0.4) is 0 Å². The van der Waals surface area contributed by atoms with Gasteiger partial charge in [-0.1, -0.05) is 12.8 Å². The summed E-state index contributed by atoms with van der Waals surface area (Å²) >= 11 is 0. The molecule has 0 unspecified atom stereocenters. The van der Waals surface area contributed by atoms with Crippen molar-refractivity contribution in [2.45, 2.75) is 31.7 Å². The van der Waals surface area contributed by atoms with Crippen LogP contribution in [0.5, 0.6) is 0 Å². The molecule has 1 fully saturated rings. The number of benzene rings is 1. The van der Waals surface area contributed by atoms with Gasteiger partial charge in [-0.3, -0.25) is 0 Å². The van der Waals surface area contributed by atoms with Crippen molar-refractivity contribution in [3.05, 3.63) is 24.5 Å². The van der Waals surface area contributed by atoms with Gasteiger partial charge in [-0.25, -0.2) is 4.98 Å². The first kappa shape index (κ1) is 8.77. The molecular weight excluding hydrogens is 186 g/mol. The Morgan fingerprint density at radius 2 is 2.07 bits per heavy atom. The van der Waals surface area contributed by atoms with Crippen molar-refractivity contribution in [3.8, 4) is 0 Å². The first-order valence-corrected chi connectivity index (χ1v) is 5.57. The zero-order valence-electron chi connectivity index (χ0n) is 8.69. The summed E-state index contributed by atoms with van der Waals surface area (Å²) in [5.74, 6) is 0. The maximum atomic E-state index is 5.74. The minimum Gasteiger partial charge on any atom is -0.399 e. The van der Waals surface area contributed by atoms with Crippen LogP contribution in [0.25, 0.3) is 11.0 Å². The molecule has 0 amide bonds. The van der Waals surface area contributed by atoms with E-state index in [0.29, 0.717) is 6.04 Å². The smallest absolute Gasteiger partial charge is 0.0960 e. The first-order valence-electron chi connectivity index (χ1n) is 5.57. The third-order valence-electron chi connectivity index (χ3n) is 3.32. The third kappa shape index (κ3) is 1.39. The van der Waals surface area contributed by atoms with Gasteiger partial charge in [-0.15, -0.1) is 0 Å². The molecule has 1 saturated carbocycles. The molecule has 3 rings (SSSR count). The number of hydrogen-bond acceptors (Lipinski definition) is 2. The van der Waals surface area contributed by atoms with Crippen LogP contribution in [-0.2, 0) is 0 Å². The fourth-order valence-electron chi connectivity index (χ4n) is 2.52. The SMILES string of the molecule is Nc1ccc2c(c1)ncn2C1CCCC1. The van der Waals surface area contributed by atoms with E-state index in [1.54, 1.807) is 0 Å². The molecule has 78 valence electrons. The molecule has 0 spiro atoms. The Morgan fingerprint density at radius 3 is 2.87 bits per heavy atom. The second-order valence-corrected chi connectivity index (χ2v) is 4.34. The molecular formula is C12H15N3. The summed E-state index contributed by atoms with van der Waals surface area (Å²) in [7, 11) is 0. The number of nitrogens with zero attached hydrogens (tertiary/aromatic N) is 2. The zero-order valence-corrected chi connectivity index (χ0v) is 8.69. The molecule has 0 aliphatic heterocycles. The number of hydrogen-bond donors (Lipinski definition) is 1. The van der Waals surface area contributed by atoms with Gasteiger partial charge in [0.2, 0.25) is 0 Å². The molecule has 1 aliphatic rings. The van der Waals surface area contributed by atoms with Gasteiger partial charge in [-0.2, -0.15) is 0 Å². The number of imidazole rings is 1. The summed E-state index contributed by atoms with van der Waals surface area (Å²) in [6.07, 6.45) is 7.23. The Bertz CT molecular complexity index is 481. The van der Waals surface area contributed by atoms with Crippen molar-refractivity contribution in [1.29, 1.82) is 0 Å². The minimum absolute atomic E-state index is 0.652. The first-order chi connectivity index (χ1) is 7.34. The molecule has 3 heteroatoms. The van der Waals surface area contributed by atoms with E-state index in [1.165, 1.54) is 31.2 Å². The lowest BCUT2D eigenvalue weighted by atomic mass is 10.2. The standard InChI is InChI=1S/C12H15N3/c13-9-5-6-12-11(7-9)14-8-15(12)10-3-1-2-4-10/h5-8,10H,1-4,13H2. The second kappa shape index (κ2) is 3.26. The fourth-order valence-corrected chi connectivity index (χ4v) is 2.52. The van der Waals surface area contributed by atoms with Crippen LogP contribution < -0.4 is 5.73 Å². The highest BCUT2D eigenvalue weighted by Gasteiger charge is 2.18. The molecule has 2 N–H and O–H groups in total. The second-order valence-electron chi connectivity index (χ2n) is 4.34. The van der Waals surface area contributed by atoms with Crippen LogP contribution in [0.2, 0.25) is 0 Å². The highest BCUT2D eigenvalue weighted by atomic mass is 15.1. The Balaban J connectivity index is 2.11. The maximum absolute atomic E-state index is 5.74. The van der Waals surface area contributed by atoms with Gasteiger partial charge in [0.05, 0.1) is 17.4 Å². The molecule has 1 aromatic heterocycles. The van der Waals surface area contributed by atoms with Gasteiger partial charge in [-0.05, 0) is 31.0 Å². The Kier molecular flexibility index (Phi) is 1.91. The maximum Gasteiger partial charge on any atom is 0.0960 e. The average molecular weight is 201 g/mol. The summed E-state index contributed by atoms with van der Waals surface area (Å²) in [5.41, 5.74) is 8.76. The minimum atomic E-state index is 0.652. The van der Waals surface area contributed by atoms with Gasteiger partial charge in [0.1, 0.15) is 0 Å². The molecule has 2 aromatic rings. The zero-order chi connectivity index (χ0) is 10.3. The molecule has 0 atom stereocenters. The van der Waals surface area contributed by atoms with E-state index >= 15 is 0 Å². The van der Waals surface area contributed by atoms with Gasteiger partial charge < -0.3 is 10.3 Å². The van der Waals surface area contributed by atoms with E-state index in [9.17, 15) is 0 Å².